The first kappa shape index (κ1) is 13.2. The summed E-state index contributed by atoms with van der Waals surface area (Å²) in [5, 5.41) is 12.8. The molecule has 2 atom stereocenters. The highest BCUT2D eigenvalue weighted by atomic mass is 16.3. The van der Waals surface area contributed by atoms with E-state index in [1.165, 1.54) is 5.56 Å². The van der Waals surface area contributed by atoms with Crippen molar-refractivity contribution >= 4 is 0 Å². The lowest BCUT2D eigenvalue weighted by molar-refractivity contribution is 0.139. The second-order valence-corrected chi connectivity index (χ2v) is 4.39. The van der Waals surface area contributed by atoms with Crippen molar-refractivity contribution in [2.75, 3.05) is 13.6 Å². The Morgan fingerprint density at radius 1 is 1.19 bits per heavy atom. The molecule has 0 saturated carbocycles. The fourth-order valence-electron chi connectivity index (χ4n) is 1.81. The number of hydrogen-bond acceptors (Lipinski definition) is 3. The Hall–Kier alpha value is -0.900. The van der Waals surface area contributed by atoms with Gasteiger partial charge in [-0.05, 0) is 24.1 Å². The van der Waals surface area contributed by atoms with Crippen LogP contribution in [0.1, 0.15) is 36.9 Å². The van der Waals surface area contributed by atoms with Crippen LogP contribution in [0, 0.1) is 0 Å². The molecule has 0 heterocycles. The maximum absolute atomic E-state index is 9.76. The molecule has 0 fully saturated rings. The predicted octanol–water partition coefficient (Wildman–Crippen LogP) is 1.39. The molecule has 0 aliphatic carbocycles. The Bertz CT molecular complexity index is 308. The highest BCUT2D eigenvalue weighted by Gasteiger charge is 2.17. The van der Waals surface area contributed by atoms with Gasteiger partial charge in [0.2, 0.25) is 0 Å². The average molecular weight is 222 g/mol. The molecule has 0 bridgehead atoms. The first-order valence-corrected chi connectivity index (χ1v) is 5.75. The standard InChI is InChI=1S/C13H22N2O/c1-9(2)10-4-6-11(7-5-10)13(15-3)12(16)8-14/h4-7,9,12-13,15-16H,8,14H2,1-3H3. The molecule has 2 unspecified atom stereocenters. The summed E-state index contributed by atoms with van der Waals surface area (Å²) in [5.74, 6) is 0.529. The van der Waals surface area contributed by atoms with Gasteiger partial charge in [-0.2, -0.15) is 0 Å². The lowest BCUT2D eigenvalue weighted by atomic mass is 9.97. The minimum atomic E-state index is -0.546. The van der Waals surface area contributed by atoms with E-state index in [0.29, 0.717) is 5.92 Å². The average Bonchev–Trinajstić information content (AvgIpc) is 2.30. The van der Waals surface area contributed by atoms with Crippen LogP contribution in [-0.4, -0.2) is 24.8 Å². The summed E-state index contributed by atoms with van der Waals surface area (Å²) >= 11 is 0. The van der Waals surface area contributed by atoms with Gasteiger partial charge in [0.15, 0.2) is 0 Å². The Kier molecular flexibility index (Phi) is 4.93. The van der Waals surface area contributed by atoms with Crippen molar-refractivity contribution in [2.45, 2.75) is 31.9 Å². The zero-order chi connectivity index (χ0) is 12.1. The van der Waals surface area contributed by atoms with E-state index in [9.17, 15) is 5.11 Å². The number of hydrogen-bond donors (Lipinski definition) is 3. The van der Waals surface area contributed by atoms with Crippen LogP contribution in [0.2, 0.25) is 0 Å². The second kappa shape index (κ2) is 5.99. The van der Waals surface area contributed by atoms with Crippen molar-refractivity contribution in [3.63, 3.8) is 0 Å². The number of nitrogens with two attached hydrogens (primary N) is 1. The lowest BCUT2D eigenvalue weighted by Crippen LogP contribution is -2.34. The first-order valence-electron chi connectivity index (χ1n) is 5.75. The number of nitrogens with one attached hydrogen (secondary N) is 1. The van der Waals surface area contributed by atoms with Crippen LogP contribution in [-0.2, 0) is 0 Å². The zero-order valence-electron chi connectivity index (χ0n) is 10.3. The molecular weight excluding hydrogens is 200 g/mol. The van der Waals surface area contributed by atoms with Gasteiger partial charge < -0.3 is 16.2 Å². The van der Waals surface area contributed by atoms with Gasteiger partial charge in [-0.3, -0.25) is 0 Å². The smallest absolute Gasteiger partial charge is 0.0856 e. The summed E-state index contributed by atoms with van der Waals surface area (Å²) < 4.78 is 0. The van der Waals surface area contributed by atoms with E-state index in [1.54, 1.807) is 0 Å². The molecule has 0 amide bonds. The van der Waals surface area contributed by atoms with Gasteiger partial charge >= 0.3 is 0 Å². The quantitative estimate of drug-likeness (QED) is 0.705. The normalized spacial score (nSPS) is 15.1. The SMILES string of the molecule is CNC(c1ccc(C(C)C)cc1)C(O)CN. The molecule has 1 rings (SSSR count). The van der Waals surface area contributed by atoms with E-state index in [4.69, 9.17) is 5.73 Å². The van der Waals surface area contributed by atoms with Crippen molar-refractivity contribution in [1.82, 2.24) is 5.32 Å². The summed E-state index contributed by atoms with van der Waals surface area (Å²) in [5.41, 5.74) is 7.85. The van der Waals surface area contributed by atoms with E-state index < -0.39 is 6.10 Å². The van der Waals surface area contributed by atoms with E-state index in [1.807, 2.05) is 7.05 Å². The van der Waals surface area contributed by atoms with Crippen molar-refractivity contribution in [1.29, 1.82) is 0 Å². The maximum atomic E-state index is 9.76. The summed E-state index contributed by atoms with van der Waals surface area (Å²) in [6, 6.07) is 8.22. The minimum absolute atomic E-state index is 0.0915. The topological polar surface area (TPSA) is 58.3 Å². The van der Waals surface area contributed by atoms with Crippen LogP contribution in [0.5, 0.6) is 0 Å². The molecule has 1 aromatic carbocycles. The molecular formula is C13H22N2O. The van der Waals surface area contributed by atoms with Crippen LogP contribution >= 0.6 is 0 Å². The van der Waals surface area contributed by atoms with Crippen LogP contribution < -0.4 is 11.1 Å². The Labute approximate surface area is 97.7 Å². The largest absolute Gasteiger partial charge is 0.390 e. The fourth-order valence-corrected chi connectivity index (χ4v) is 1.81. The van der Waals surface area contributed by atoms with Crippen LogP contribution in [0.4, 0.5) is 0 Å². The molecule has 0 spiro atoms. The summed E-state index contributed by atoms with van der Waals surface area (Å²) in [6.07, 6.45) is -0.546. The van der Waals surface area contributed by atoms with Crippen LogP contribution in [0.25, 0.3) is 0 Å². The highest BCUT2D eigenvalue weighted by Crippen LogP contribution is 2.20. The number of aliphatic hydroxyl groups is 1. The van der Waals surface area contributed by atoms with Crippen LogP contribution in [0.3, 0.4) is 0 Å². The third kappa shape index (κ3) is 3.04. The monoisotopic (exact) mass is 222 g/mol. The fraction of sp³-hybridized carbons (Fsp3) is 0.538. The molecule has 90 valence electrons. The van der Waals surface area contributed by atoms with Crippen molar-refractivity contribution in [2.24, 2.45) is 5.73 Å². The third-order valence-corrected chi connectivity index (χ3v) is 2.90. The summed E-state index contributed by atoms with van der Waals surface area (Å²) in [7, 11) is 1.83. The van der Waals surface area contributed by atoms with Gasteiger partial charge in [0.05, 0.1) is 12.1 Å². The minimum Gasteiger partial charge on any atom is -0.390 e. The number of benzene rings is 1. The van der Waals surface area contributed by atoms with E-state index in [2.05, 4.69) is 43.4 Å². The molecule has 3 nitrogen and oxygen atoms in total. The lowest BCUT2D eigenvalue weighted by Gasteiger charge is -2.22. The molecule has 3 heteroatoms. The zero-order valence-corrected chi connectivity index (χ0v) is 10.3. The van der Waals surface area contributed by atoms with Gasteiger partial charge in [0.25, 0.3) is 0 Å². The Morgan fingerprint density at radius 2 is 1.69 bits per heavy atom. The maximum Gasteiger partial charge on any atom is 0.0856 e. The number of rotatable bonds is 5. The third-order valence-electron chi connectivity index (χ3n) is 2.90. The molecule has 0 saturated heterocycles. The van der Waals surface area contributed by atoms with E-state index in [0.717, 1.165) is 5.56 Å². The van der Waals surface area contributed by atoms with Crippen molar-refractivity contribution < 1.29 is 5.11 Å². The Balaban J connectivity index is 2.86. The summed E-state index contributed by atoms with van der Waals surface area (Å²) in [4.78, 5) is 0. The molecule has 0 aliphatic rings. The number of likely N-dealkylation sites (N-methyl/N-ethyl adjacent to an activating group) is 1. The molecule has 0 aliphatic heterocycles. The van der Waals surface area contributed by atoms with Gasteiger partial charge in [-0.1, -0.05) is 38.1 Å². The molecule has 0 radical (unpaired) electrons. The molecule has 16 heavy (non-hydrogen) atoms. The van der Waals surface area contributed by atoms with E-state index >= 15 is 0 Å². The molecule has 4 N–H and O–H groups in total. The Morgan fingerprint density at radius 3 is 2.06 bits per heavy atom. The van der Waals surface area contributed by atoms with Gasteiger partial charge in [-0.25, -0.2) is 0 Å². The second-order valence-electron chi connectivity index (χ2n) is 4.39. The predicted molar refractivity (Wildman–Crippen MR) is 67.4 cm³/mol. The molecule has 0 aromatic heterocycles. The van der Waals surface area contributed by atoms with Crippen molar-refractivity contribution in [3.8, 4) is 0 Å². The highest BCUT2D eigenvalue weighted by molar-refractivity contribution is 5.27. The van der Waals surface area contributed by atoms with Gasteiger partial charge in [-0.15, -0.1) is 0 Å². The van der Waals surface area contributed by atoms with E-state index in [-0.39, 0.29) is 12.6 Å². The van der Waals surface area contributed by atoms with Gasteiger partial charge in [0.1, 0.15) is 0 Å². The molecule has 1 aromatic rings. The summed E-state index contributed by atoms with van der Waals surface area (Å²) in [6.45, 7) is 4.59. The first-order chi connectivity index (χ1) is 7.60. The van der Waals surface area contributed by atoms with Crippen molar-refractivity contribution in [3.05, 3.63) is 35.4 Å². The number of aliphatic hydroxyl groups excluding tert-OH is 1. The van der Waals surface area contributed by atoms with Gasteiger partial charge in [0, 0.05) is 6.54 Å². The van der Waals surface area contributed by atoms with Crippen LogP contribution in [0.15, 0.2) is 24.3 Å².